The van der Waals surface area contributed by atoms with Gasteiger partial charge in [-0.05, 0) is 13.8 Å². The smallest absolute Gasteiger partial charge is 0.287 e. The second kappa shape index (κ2) is 5.72. The Balaban J connectivity index is 2.70. The molecule has 7 heteroatoms. The van der Waals surface area contributed by atoms with E-state index in [1.807, 2.05) is 0 Å². The first-order chi connectivity index (χ1) is 7.96. The topological polar surface area (TPSA) is 67.3 Å². The van der Waals surface area contributed by atoms with E-state index in [1.165, 1.54) is 0 Å². The molecule has 1 heterocycles. The number of aliphatic hydroxyl groups is 1. The summed E-state index contributed by atoms with van der Waals surface area (Å²) in [4.78, 5) is 7.84. The second-order valence-corrected chi connectivity index (χ2v) is 3.47. The van der Waals surface area contributed by atoms with Crippen molar-refractivity contribution >= 4 is 5.95 Å². The van der Waals surface area contributed by atoms with Gasteiger partial charge in [-0.1, -0.05) is 0 Å². The van der Waals surface area contributed by atoms with Crippen molar-refractivity contribution in [1.29, 1.82) is 0 Å². The molecule has 96 valence electrons. The number of aromatic nitrogens is 2. The summed E-state index contributed by atoms with van der Waals surface area (Å²) < 4.78 is 30.7. The Morgan fingerprint density at radius 3 is 2.76 bits per heavy atom. The molecule has 0 bridgehead atoms. The molecule has 0 aliphatic carbocycles. The zero-order valence-corrected chi connectivity index (χ0v) is 9.70. The lowest BCUT2D eigenvalue weighted by Gasteiger charge is -2.14. The quantitative estimate of drug-likeness (QED) is 0.791. The predicted octanol–water partition coefficient (Wildman–Crippen LogP) is 1.22. The van der Waals surface area contributed by atoms with E-state index in [0.717, 1.165) is 0 Å². The van der Waals surface area contributed by atoms with E-state index in [-0.39, 0.29) is 5.95 Å². The molecular weight excluding hydrogens is 232 g/mol. The monoisotopic (exact) mass is 247 g/mol. The average Bonchev–Trinajstić information content (AvgIpc) is 2.26. The number of ether oxygens (including phenoxy) is 1. The first-order valence-corrected chi connectivity index (χ1v) is 5.18. The minimum atomic E-state index is -3.20. The van der Waals surface area contributed by atoms with E-state index < -0.39 is 19.1 Å². The van der Waals surface area contributed by atoms with Crippen LogP contribution >= 0.6 is 0 Å². The van der Waals surface area contributed by atoms with E-state index >= 15 is 0 Å². The second-order valence-electron chi connectivity index (χ2n) is 3.47. The molecule has 2 N–H and O–H groups in total. The van der Waals surface area contributed by atoms with Gasteiger partial charge in [0, 0.05) is 11.8 Å². The van der Waals surface area contributed by atoms with Crippen LogP contribution in [0.2, 0.25) is 0 Å². The van der Waals surface area contributed by atoms with Gasteiger partial charge in [-0.2, -0.15) is 4.98 Å². The van der Waals surface area contributed by atoms with Crippen molar-refractivity contribution in [2.24, 2.45) is 0 Å². The van der Waals surface area contributed by atoms with Gasteiger partial charge in [0.15, 0.2) is 0 Å². The van der Waals surface area contributed by atoms with E-state index in [9.17, 15) is 8.78 Å². The zero-order valence-electron chi connectivity index (χ0n) is 9.70. The minimum absolute atomic E-state index is 0.0570. The molecular formula is C10H15F2N3O2. The van der Waals surface area contributed by atoms with Crippen molar-refractivity contribution < 1.29 is 18.6 Å². The summed E-state index contributed by atoms with van der Waals surface area (Å²) in [6.45, 7) is 2.00. The van der Waals surface area contributed by atoms with Crippen LogP contribution in [0, 0.1) is 6.92 Å². The van der Waals surface area contributed by atoms with Gasteiger partial charge in [0.1, 0.15) is 6.61 Å². The third-order valence-corrected chi connectivity index (χ3v) is 1.86. The third-order valence-electron chi connectivity index (χ3n) is 1.86. The summed E-state index contributed by atoms with van der Waals surface area (Å²) in [6, 6.07) is 1.61. The van der Waals surface area contributed by atoms with Gasteiger partial charge in [-0.15, -0.1) is 0 Å². The molecule has 1 rings (SSSR count). The van der Waals surface area contributed by atoms with Crippen LogP contribution in [0.5, 0.6) is 5.88 Å². The molecule has 0 amide bonds. The lowest BCUT2D eigenvalue weighted by molar-refractivity contribution is -0.0374. The molecule has 1 aromatic rings. The van der Waals surface area contributed by atoms with E-state index in [1.54, 1.807) is 19.9 Å². The summed E-state index contributed by atoms with van der Waals surface area (Å²) in [5.74, 6) is -2.81. The standard InChI is InChI=1S/C10H15F2N3O2/c1-3-17-8-4-7(2)14-9(15-8)13-5-10(11,12)6-16/h4,16H,3,5-6H2,1-2H3,(H,13,14,15). The molecule has 0 fully saturated rings. The third kappa shape index (κ3) is 4.48. The SMILES string of the molecule is CCOc1cc(C)nc(NCC(F)(F)CO)n1. The highest BCUT2D eigenvalue weighted by atomic mass is 19.3. The summed E-state index contributed by atoms with van der Waals surface area (Å²) in [6.07, 6.45) is 0. The Morgan fingerprint density at radius 2 is 2.18 bits per heavy atom. The van der Waals surface area contributed by atoms with Gasteiger partial charge in [0.25, 0.3) is 5.92 Å². The van der Waals surface area contributed by atoms with Crippen molar-refractivity contribution in [3.63, 3.8) is 0 Å². The van der Waals surface area contributed by atoms with Crippen molar-refractivity contribution in [3.8, 4) is 5.88 Å². The summed E-state index contributed by atoms with van der Waals surface area (Å²) in [5, 5.41) is 10.8. The number of nitrogens with zero attached hydrogens (tertiary/aromatic N) is 2. The van der Waals surface area contributed by atoms with Crippen LogP contribution in [0.1, 0.15) is 12.6 Å². The van der Waals surface area contributed by atoms with Crippen molar-refractivity contribution in [2.75, 3.05) is 25.1 Å². The molecule has 1 aromatic heterocycles. The number of aliphatic hydroxyl groups excluding tert-OH is 1. The first kappa shape index (κ1) is 13.6. The van der Waals surface area contributed by atoms with Gasteiger partial charge < -0.3 is 15.2 Å². The van der Waals surface area contributed by atoms with Crippen molar-refractivity contribution in [2.45, 2.75) is 19.8 Å². The lowest BCUT2D eigenvalue weighted by atomic mass is 10.3. The average molecular weight is 247 g/mol. The largest absolute Gasteiger partial charge is 0.478 e. The number of hydrogen-bond donors (Lipinski definition) is 2. The number of nitrogens with one attached hydrogen (secondary N) is 1. The van der Waals surface area contributed by atoms with Crippen molar-refractivity contribution in [1.82, 2.24) is 9.97 Å². The first-order valence-electron chi connectivity index (χ1n) is 5.18. The molecule has 17 heavy (non-hydrogen) atoms. The highest BCUT2D eigenvalue weighted by Gasteiger charge is 2.27. The lowest BCUT2D eigenvalue weighted by Crippen LogP contribution is -2.31. The maximum absolute atomic E-state index is 12.8. The summed E-state index contributed by atoms with van der Waals surface area (Å²) in [5.41, 5.74) is 0.610. The van der Waals surface area contributed by atoms with Gasteiger partial charge in [0.2, 0.25) is 11.8 Å². The van der Waals surface area contributed by atoms with Gasteiger partial charge in [-0.3, -0.25) is 0 Å². The Labute approximate surface area is 97.8 Å². The molecule has 0 radical (unpaired) electrons. The zero-order chi connectivity index (χ0) is 12.9. The Hall–Kier alpha value is -1.50. The predicted molar refractivity (Wildman–Crippen MR) is 58.5 cm³/mol. The van der Waals surface area contributed by atoms with Crippen LogP contribution in [0.4, 0.5) is 14.7 Å². The minimum Gasteiger partial charge on any atom is -0.478 e. The van der Waals surface area contributed by atoms with Crippen LogP contribution in [0.15, 0.2) is 6.07 Å². The van der Waals surface area contributed by atoms with Crippen molar-refractivity contribution in [3.05, 3.63) is 11.8 Å². The maximum Gasteiger partial charge on any atom is 0.287 e. The summed E-state index contributed by atoms with van der Waals surface area (Å²) in [7, 11) is 0. The molecule has 0 aliphatic heterocycles. The van der Waals surface area contributed by atoms with Crippen LogP contribution in [-0.4, -0.2) is 40.8 Å². The molecule has 0 unspecified atom stereocenters. The van der Waals surface area contributed by atoms with Crippen LogP contribution < -0.4 is 10.1 Å². The molecule has 0 saturated carbocycles. The fourth-order valence-corrected chi connectivity index (χ4v) is 1.10. The summed E-state index contributed by atoms with van der Waals surface area (Å²) >= 11 is 0. The fourth-order valence-electron chi connectivity index (χ4n) is 1.10. The van der Waals surface area contributed by atoms with Gasteiger partial charge >= 0.3 is 0 Å². The van der Waals surface area contributed by atoms with Crippen LogP contribution in [0.3, 0.4) is 0 Å². The van der Waals surface area contributed by atoms with Crippen LogP contribution in [0.25, 0.3) is 0 Å². The number of alkyl halides is 2. The molecule has 5 nitrogen and oxygen atoms in total. The molecule has 0 aliphatic rings. The fraction of sp³-hybridized carbons (Fsp3) is 0.600. The molecule has 0 spiro atoms. The number of halogens is 2. The maximum atomic E-state index is 12.8. The molecule has 0 atom stereocenters. The van der Waals surface area contributed by atoms with E-state index in [2.05, 4.69) is 15.3 Å². The number of aryl methyl sites for hydroxylation is 1. The van der Waals surface area contributed by atoms with Crippen LogP contribution in [-0.2, 0) is 0 Å². The number of anilines is 1. The van der Waals surface area contributed by atoms with E-state index in [4.69, 9.17) is 9.84 Å². The normalized spacial score (nSPS) is 11.4. The molecule has 0 saturated heterocycles. The van der Waals surface area contributed by atoms with Gasteiger partial charge in [0.05, 0.1) is 13.2 Å². The highest BCUT2D eigenvalue weighted by molar-refractivity contribution is 5.30. The Morgan fingerprint density at radius 1 is 1.47 bits per heavy atom. The molecule has 0 aromatic carbocycles. The van der Waals surface area contributed by atoms with Gasteiger partial charge in [-0.25, -0.2) is 13.8 Å². The Bertz CT molecular complexity index is 375. The Kier molecular flexibility index (Phi) is 4.56. The van der Waals surface area contributed by atoms with E-state index in [0.29, 0.717) is 18.2 Å². The number of hydrogen-bond acceptors (Lipinski definition) is 5. The highest BCUT2D eigenvalue weighted by Crippen LogP contribution is 2.15. The number of rotatable bonds is 6.